The molecule has 0 bridgehead atoms. The van der Waals surface area contributed by atoms with Crippen molar-refractivity contribution in [2.24, 2.45) is 0 Å². The van der Waals surface area contributed by atoms with Crippen molar-refractivity contribution in [1.29, 1.82) is 0 Å². The number of hydrogen-bond donors (Lipinski definition) is 1. The van der Waals surface area contributed by atoms with Crippen LogP contribution in [0.3, 0.4) is 0 Å². The molecule has 7 heteroatoms. The van der Waals surface area contributed by atoms with E-state index in [9.17, 15) is 18.0 Å². The molecule has 1 saturated heterocycles. The van der Waals surface area contributed by atoms with Crippen LogP contribution in [-0.2, 0) is 11.2 Å². The van der Waals surface area contributed by atoms with Crippen LogP contribution < -0.4 is 10.2 Å². The Hall–Kier alpha value is -1.76. The SMILES string of the molecule is COc1ccc(CCC[C@H](N2NC(=O)CC2(C)C)C(F)(F)F)cc1. The number of methoxy groups -OCH3 is 1. The zero-order valence-electron chi connectivity index (χ0n) is 14.1. The number of hydrogen-bond acceptors (Lipinski definition) is 3. The fourth-order valence-corrected chi connectivity index (χ4v) is 3.03. The first kappa shape index (κ1) is 18.6. The molecule has 0 radical (unpaired) electrons. The van der Waals surface area contributed by atoms with Gasteiger partial charge >= 0.3 is 6.18 Å². The van der Waals surface area contributed by atoms with Crippen LogP contribution in [0, 0.1) is 0 Å². The zero-order chi connectivity index (χ0) is 18.0. The van der Waals surface area contributed by atoms with E-state index in [1.54, 1.807) is 33.1 Å². The monoisotopic (exact) mass is 344 g/mol. The Kier molecular flexibility index (Phi) is 5.42. The second-order valence-corrected chi connectivity index (χ2v) is 6.69. The van der Waals surface area contributed by atoms with Gasteiger partial charge in [0.1, 0.15) is 11.8 Å². The van der Waals surface area contributed by atoms with Gasteiger partial charge in [-0.05, 0) is 50.8 Å². The molecule has 134 valence electrons. The molecule has 1 aromatic rings. The number of ether oxygens (including phenoxy) is 1. The highest BCUT2D eigenvalue weighted by molar-refractivity contribution is 5.78. The van der Waals surface area contributed by atoms with E-state index in [1.807, 2.05) is 12.1 Å². The van der Waals surface area contributed by atoms with Crippen LogP contribution in [0.1, 0.15) is 38.7 Å². The molecular formula is C17H23F3N2O2. The summed E-state index contributed by atoms with van der Waals surface area (Å²) in [5.41, 5.74) is 2.48. The third kappa shape index (κ3) is 4.41. The van der Waals surface area contributed by atoms with E-state index in [2.05, 4.69) is 5.43 Å². The topological polar surface area (TPSA) is 41.6 Å². The number of rotatable bonds is 6. The minimum Gasteiger partial charge on any atom is -0.497 e. The third-order valence-electron chi connectivity index (χ3n) is 4.28. The third-order valence-corrected chi connectivity index (χ3v) is 4.28. The minimum atomic E-state index is -4.39. The molecule has 1 N–H and O–H groups in total. The average Bonchev–Trinajstić information content (AvgIpc) is 2.75. The Morgan fingerprint density at radius 2 is 1.92 bits per heavy atom. The molecule has 4 nitrogen and oxygen atoms in total. The molecule has 0 saturated carbocycles. The van der Waals surface area contributed by atoms with Gasteiger partial charge in [0.05, 0.1) is 7.11 Å². The number of aryl methyl sites for hydroxylation is 1. The molecule has 0 spiro atoms. The molecule has 1 aromatic carbocycles. The quantitative estimate of drug-likeness (QED) is 0.859. The number of nitrogens with one attached hydrogen (secondary N) is 1. The van der Waals surface area contributed by atoms with E-state index in [4.69, 9.17) is 4.74 Å². The summed E-state index contributed by atoms with van der Waals surface area (Å²) in [7, 11) is 1.56. The summed E-state index contributed by atoms with van der Waals surface area (Å²) in [5, 5.41) is 1.07. The number of amides is 1. The Morgan fingerprint density at radius 1 is 1.29 bits per heavy atom. The number of halogens is 3. The maximum atomic E-state index is 13.5. The number of benzene rings is 1. The fraction of sp³-hybridized carbons (Fsp3) is 0.588. The summed E-state index contributed by atoms with van der Waals surface area (Å²) in [6.45, 7) is 3.29. The van der Waals surface area contributed by atoms with E-state index in [0.29, 0.717) is 18.6 Å². The van der Waals surface area contributed by atoms with Gasteiger partial charge in [0.25, 0.3) is 0 Å². The van der Waals surface area contributed by atoms with Crippen molar-refractivity contribution >= 4 is 5.91 Å². The molecule has 1 fully saturated rings. The van der Waals surface area contributed by atoms with Gasteiger partial charge in [-0.15, -0.1) is 0 Å². The van der Waals surface area contributed by atoms with E-state index in [1.165, 1.54) is 0 Å². The summed E-state index contributed by atoms with van der Waals surface area (Å²) in [6.07, 6.45) is -3.48. The van der Waals surface area contributed by atoms with Gasteiger partial charge in [-0.25, -0.2) is 5.01 Å². The van der Waals surface area contributed by atoms with Crippen molar-refractivity contribution in [3.05, 3.63) is 29.8 Å². The highest BCUT2D eigenvalue weighted by Crippen LogP contribution is 2.35. The number of nitrogens with zero attached hydrogens (tertiary/aromatic N) is 1. The van der Waals surface area contributed by atoms with Crippen LogP contribution in [0.25, 0.3) is 0 Å². The van der Waals surface area contributed by atoms with Gasteiger partial charge in [0, 0.05) is 12.0 Å². The molecule has 1 amide bonds. The first-order chi connectivity index (χ1) is 11.1. The van der Waals surface area contributed by atoms with Crippen molar-refractivity contribution in [2.45, 2.75) is 57.3 Å². The van der Waals surface area contributed by atoms with Crippen LogP contribution in [0.5, 0.6) is 5.75 Å². The predicted molar refractivity (Wildman–Crippen MR) is 84.5 cm³/mol. The Morgan fingerprint density at radius 3 is 2.38 bits per heavy atom. The fourth-order valence-electron chi connectivity index (χ4n) is 3.03. The molecule has 0 aliphatic carbocycles. The molecule has 24 heavy (non-hydrogen) atoms. The highest BCUT2D eigenvalue weighted by atomic mass is 19.4. The normalized spacial score (nSPS) is 19.2. The highest BCUT2D eigenvalue weighted by Gasteiger charge is 2.51. The van der Waals surface area contributed by atoms with E-state index in [0.717, 1.165) is 10.6 Å². The molecule has 1 aliphatic rings. The van der Waals surface area contributed by atoms with Crippen molar-refractivity contribution in [3.8, 4) is 5.75 Å². The number of alkyl halides is 3. The van der Waals surface area contributed by atoms with Crippen LogP contribution in [-0.4, -0.2) is 35.8 Å². The maximum Gasteiger partial charge on any atom is 0.405 e. The van der Waals surface area contributed by atoms with Crippen LogP contribution in [0.4, 0.5) is 13.2 Å². The smallest absolute Gasteiger partial charge is 0.405 e. The van der Waals surface area contributed by atoms with Crippen molar-refractivity contribution in [1.82, 2.24) is 10.4 Å². The number of carbonyl (C=O) groups excluding carboxylic acids is 1. The largest absolute Gasteiger partial charge is 0.497 e. The first-order valence-corrected chi connectivity index (χ1v) is 7.92. The van der Waals surface area contributed by atoms with Gasteiger partial charge in [-0.2, -0.15) is 13.2 Å². The molecule has 1 aliphatic heterocycles. The lowest BCUT2D eigenvalue weighted by Gasteiger charge is -2.37. The summed E-state index contributed by atoms with van der Waals surface area (Å²) < 4.78 is 45.4. The second kappa shape index (κ2) is 7.01. The Bertz CT molecular complexity index is 570. The molecule has 0 aromatic heterocycles. The summed E-state index contributed by atoms with van der Waals surface area (Å²) >= 11 is 0. The van der Waals surface area contributed by atoms with Crippen LogP contribution in [0.15, 0.2) is 24.3 Å². The molecule has 2 rings (SSSR count). The van der Waals surface area contributed by atoms with Gasteiger partial charge in [0.15, 0.2) is 0 Å². The van der Waals surface area contributed by atoms with E-state index < -0.39 is 17.8 Å². The van der Waals surface area contributed by atoms with Crippen molar-refractivity contribution in [3.63, 3.8) is 0 Å². The summed E-state index contributed by atoms with van der Waals surface area (Å²) in [5.74, 6) is 0.345. The lowest BCUT2D eigenvalue weighted by molar-refractivity contribution is -0.202. The zero-order valence-corrected chi connectivity index (χ0v) is 14.1. The minimum absolute atomic E-state index is 0.0675. The van der Waals surface area contributed by atoms with Gasteiger partial charge in [-0.1, -0.05) is 12.1 Å². The number of carbonyl (C=O) groups is 1. The van der Waals surface area contributed by atoms with Crippen molar-refractivity contribution < 1.29 is 22.7 Å². The molecule has 0 unspecified atom stereocenters. The Labute approximate surface area is 139 Å². The molecular weight excluding hydrogens is 321 g/mol. The summed E-state index contributed by atoms with van der Waals surface area (Å²) in [4.78, 5) is 11.5. The number of hydrazine groups is 1. The Balaban J connectivity index is 2.00. The lowest BCUT2D eigenvalue weighted by atomic mass is 9.97. The molecule has 1 heterocycles. The lowest BCUT2D eigenvalue weighted by Crippen LogP contribution is -2.56. The van der Waals surface area contributed by atoms with Gasteiger partial charge < -0.3 is 4.74 Å². The van der Waals surface area contributed by atoms with E-state index >= 15 is 0 Å². The summed E-state index contributed by atoms with van der Waals surface area (Å²) in [6, 6.07) is 5.60. The second-order valence-electron chi connectivity index (χ2n) is 6.69. The first-order valence-electron chi connectivity index (χ1n) is 7.92. The standard InChI is InChI=1S/C17H23F3N2O2/c1-16(2)11-15(23)21-22(16)14(17(18,19)20)6-4-5-12-7-9-13(24-3)10-8-12/h7-10,14H,4-6,11H2,1-3H3,(H,21,23)/t14-/m0/s1. The van der Waals surface area contributed by atoms with E-state index in [-0.39, 0.29) is 18.7 Å². The van der Waals surface area contributed by atoms with Gasteiger partial charge in [-0.3, -0.25) is 10.2 Å². The van der Waals surface area contributed by atoms with Crippen molar-refractivity contribution in [2.75, 3.05) is 7.11 Å². The van der Waals surface area contributed by atoms with Gasteiger partial charge in [0.2, 0.25) is 5.91 Å². The predicted octanol–water partition coefficient (Wildman–Crippen LogP) is 3.46. The van der Waals surface area contributed by atoms with Crippen LogP contribution >= 0.6 is 0 Å². The molecule has 1 atom stereocenters. The average molecular weight is 344 g/mol. The maximum absolute atomic E-state index is 13.5. The van der Waals surface area contributed by atoms with Crippen LogP contribution in [0.2, 0.25) is 0 Å².